The second kappa shape index (κ2) is 8.63. The van der Waals surface area contributed by atoms with E-state index >= 15 is 0 Å². The number of nitrogens with zero attached hydrogens (tertiary/aromatic N) is 2. The number of aromatic nitrogens is 2. The number of ether oxygens (including phenoxy) is 1. The van der Waals surface area contributed by atoms with Crippen LogP contribution in [0.25, 0.3) is 11.5 Å². The number of nitrogens with one attached hydrogen (secondary N) is 1. The molecule has 6 nitrogen and oxygen atoms in total. The molecule has 0 saturated heterocycles. The van der Waals surface area contributed by atoms with Crippen LogP contribution < -0.4 is 10.1 Å². The van der Waals surface area contributed by atoms with E-state index in [0.29, 0.717) is 11.6 Å². The molecule has 2 aromatic carbocycles. The van der Waals surface area contributed by atoms with Crippen molar-refractivity contribution in [3.8, 4) is 17.2 Å². The Balaban J connectivity index is 1.57. The average Bonchev–Trinajstić information content (AvgIpc) is 3.12. The Bertz CT molecular complexity index is 888. The summed E-state index contributed by atoms with van der Waals surface area (Å²) in [4.78, 5) is 12.3. The molecule has 3 rings (SSSR count). The first kappa shape index (κ1) is 18.8. The molecule has 3 aromatic rings. The van der Waals surface area contributed by atoms with E-state index < -0.39 is 11.9 Å². The van der Waals surface area contributed by atoms with Crippen molar-refractivity contribution in [2.75, 3.05) is 5.32 Å². The van der Waals surface area contributed by atoms with E-state index in [4.69, 9.17) is 4.42 Å². The molecule has 9 heteroatoms. The van der Waals surface area contributed by atoms with Crippen LogP contribution in [0.2, 0.25) is 0 Å². The summed E-state index contributed by atoms with van der Waals surface area (Å²) in [5.41, 5.74) is 1.25. The second-order valence-corrected chi connectivity index (χ2v) is 6.68. The molecule has 1 atom stereocenters. The summed E-state index contributed by atoms with van der Waals surface area (Å²) in [6.07, 6.45) is 0. The molecule has 1 heterocycles. The van der Waals surface area contributed by atoms with Gasteiger partial charge in [0.05, 0.1) is 5.25 Å². The molecule has 0 aliphatic rings. The van der Waals surface area contributed by atoms with E-state index in [1.807, 2.05) is 30.3 Å². The monoisotopic (exact) mass is 391 g/mol. The van der Waals surface area contributed by atoms with Crippen LogP contribution in [-0.4, -0.2) is 28.0 Å². The predicted octanol–water partition coefficient (Wildman–Crippen LogP) is 4.46. The molecule has 140 valence electrons. The normalized spacial score (nSPS) is 12.0. The van der Waals surface area contributed by atoms with Gasteiger partial charge in [-0.15, -0.1) is 10.2 Å². The van der Waals surface area contributed by atoms with E-state index in [2.05, 4.69) is 20.3 Å². The Labute approximate surface area is 157 Å². The van der Waals surface area contributed by atoms with Crippen LogP contribution in [0.5, 0.6) is 5.75 Å². The molecule has 0 radical (unpaired) electrons. The van der Waals surface area contributed by atoms with Gasteiger partial charge in [-0.05, 0) is 43.3 Å². The van der Waals surface area contributed by atoms with Crippen LogP contribution in [-0.2, 0) is 4.79 Å². The molecule has 0 spiro atoms. The number of halogens is 2. The van der Waals surface area contributed by atoms with Crippen molar-refractivity contribution in [3.05, 3.63) is 54.6 Å². The van der Waals surface area contributed by atoms with Crippen LogP contribution in [0, 0.1) is 0 Å². The minimum Gasteiger partial charge on any atom is -0.435 e. The number of hydrogen-bond acceptors (Lipinski definition) is 6. The lowest BCUT2D eigenvalue weighted by Gasteiger charge is -2.10. The molecule has 0 bridgehead atoms. The number of rotatable bonds is 7. The van der Waals surface area contributed by atoms with Crippen LogP contribution in [0.15, 0.2) is 64.2 Å². The summed E-state index contributed by atoms with van der Waals surface area (Å²) in [5.74, 6) is 0.104. The van der Waals surface area contributed by atoms with E-state index in [1.54, 1.807) is 6.92 Å². The number of benzene rings is 2. The fourth-order valence-electron chi connectivity index (χ4n) is 2.12. The van der Waals surface area contributed by atoms with Crippen LogP contribution in [0.4, 0.5) is 14.5 Å². The zero-order valence-electron chi connectivity index (χ0n) is 14.1. The molecule has 1 N–H and O–H groups in total. The number of carbonyl (C=O) groups excluding carboxylic acids is 1. The maximum atomic E-state index is 12.3. The molecule has 27 heavy (non-hydrogen) atoms. The molecule has 0 fully saturated rings. The maximum Gasteiger partial charge on any atom is 0.387 e. The Morgan fingerprint density at radius 1 is 1.11 bits per heavy atom. The van der Waals surface area contributed by atoms with Gasteiger partial charge in [0.15, 0.2) is 0 Å². The summed E-state index contributed by atoms with van der Waals surface area (Å²) in [6.45, 7) is -1.20. The van der Waals surface area contributed by atoms with Crippen molar-refractivity contribution < 1.29 is 22.7 Å². The number of hydrogen-bond donors (Lipinski definition) is 1. The molecule has 1 amide bonds. The third kappa shape index (κ3) is 5.27. The topological polar surface area (TPSA) is 77.2 Å². The summed E-state index contributed by atoms with van der Waals surface area (Å²) in [5, 5.41) is 10.4. The highest BCUT2D eigenvalue weighted by Crippen LogP contribution is 2.27. The van der Waals surface area contributed by atoms with E-state index in [1.165, 1.54) is 24.3 Å². The van der Waals surface area contributed by atoms with Crippen LogP contribution >= 0.6 is 11.8 Å². The van der Waals surface area contributed by atoms with Gasteiger partial charge < -0.3 is 14.5 Å². The summed E-state index contributed by atoms with van der Waals surface area (Å²) in [6, 6.07) is 15.0. The number of anilines is 1. The standard InChI is InChI=1S/C18H15F2N3O3S/c1-11(15(24)21-13-7-9-14(10-8-13)25-17(19)20)27-18-23-22-16(26-18)12-5-3-2-4-6-12/h2-11,17H,1H3,(H,21,24). The lowest BCUT2D eigenvalue weighted by molar-refractivity contribution is -0.115. The van der Waals surface area contributed by atoms with Crippen molar-refractivity contribution in [2.24, 2.45) is 0 Å². The van der Waals surface area contributed by atoms with Crippen molar-refractivity contribution in [1.82, 2.24) is 10.2 Å². The molecule has 0 aliphatic carbocycles. The van der Waals surface area contributed by atoms with E-state index in [9.17, 15) is 13.6 Å². The predicted molar refractivity (Wildman–Crippen MR) is 96.8 cm³/mol. The van der Waals surface area contributed by atoms with E-state index in [-0.39, 0.29) is 16.9 Å². The van der Waals surface area contributed by atoms with Crippen molar-refractivity contribution in [2.45, 2.75) is 24.0 Å². The third-order valence-corrected chi connectivity index (χ3v) is 4.36. The summed E-state index contributed by atoms with van der Waals surface area (Å²) in [7, 11) is 0. The quantitative estimate of drug-likeness (QED) is 0.600. The van der Waals surface area contributed by atoms with Gasteiger partial charge in [-0.3, -0.25) is 4.79 Å². The Kier molecular flexibility index (Phi) is 6.02. The first-order valence-corrected chi connectivity index (χ1v) is 8.80. The van der Waals surface area contributed by atoms with Crippen molar-refractivity contribution in [1.29, 1.82) is 0 Å². The number of carbonyl (C=O) groups is 1. The highest BCUT2D eigenvalue weighted by molar-refractivity contribution is 8.00. The highest BCUT2D eigenvalue weighted by Gasteiger charge is 2.19. The molecule has 1 unspecified atom stereocenters. The minimum absolute atomic E-state index is 0.0183. The largest absolute Gasteiger partial charge is 0.435 e. The zero-order valence-corrected chi connectivity index (χ0v) is 15.0. The molecule has 1 aromatic heterocycles. The summed E-state index contributed by atoms with van der Waals surface area (Å²) >= 11 is 1.12. The van der Waals surface area contributed by atoms with Gasteiger partial charge in [-0.25, -0.2) is 0 Å². The maximum absolute atomic E-state index is 12.3. The first-order valence-electron chi connectivity index (χ1n) is 7.92. The zero-order chi connectivity index (χ0) is 19.2. The van der Waals surface area contributed by atoms with Gasteiger partial charge in [-0.1, -0.05) is 30.0 Å². The molecule has 0 saturated carbocycles. The molecule has 0 aliphatic heterocycles. The number of thioether (sulfide) groups is 1. The third-order valence-electron chi connectivity index (χ3n) is 3.42. The SMILES string of the molecule is CC(Sc1nnc(-c2ccccc2)o1)C(=O)Nc1ccc(OC(F)F)cc1. The number of alkyl halides is 2. The van der Waals surface area contributed by atoms with Crippen molar-refractivity contribution in [3.63, 3.8) is 0 Å². The van der Waals surface area contributed by atoms with Gasteiger partial charge in [0, 0.05) is 11.3 Å². The lowest BCUT2D eigenvalue weighted by atomic mass is 10.2. The van der Waals surface area contributed by atoms with Crippen LogP contribution in [0.3, 0.4) is 0 Å². The lowest BCUT2D eigenvalue weighted by Crippen LogP contribution is -2.22. The Hall–Kier alpha value is -2.94. The van der Waals surface area contributed by atoms with Crippen LogP contribution in [0.1, 0.15) is 6.92 Å². The fourth-order valence-corrected chi connectivity index (χ4v) is 2.81. The van der Waals surface area contributed by atoms with E-state index in [0.717, 1.165) is 17.3 Å². The fraction of sp³-hybridized carbons (Fsp3) is 0.167. The number of amides is 1. The molecular weight excluding hydrogens is 376 g/mol. The second-order valence-electron chi connectivity index (χ2n) is 5.39. The van der Waals surface area contributed by atoms with Gasteiger partial charge in [0.1, 0.15) is 5.75 Å². The minimum atomic E-state index is -2.89. The van der Waals surface area contributed by atoms with Gasteiger partial charge >= 0.3 is 6.61 Å². The average molecular weight is 391 g/mol. The first-order chi connectivity index (χ1) is 13.0. The van der Waals surface area contributed by atoms with Crippen molar-refractivity contribution >= 4 is 23.4 Å². The Morgan fingerprint density at radius 3 is 2.48 bits per heavy atom. The Morgan fingerprint density at radius 2 is 1.81 bits per heavy atom. The van der Waals surface area contributed by atoms with Gasteiger partial charge in [0.2, 0.25) is 11.8 Å². The smallest absolute Gasteiger partial charge is 0.387 e. The van der Waals surface area contributed by atoms with Gasteiger partial charge in [0.25, 0.3) is 5.22 Å². The molecular formula is C18H15F2N3O3S. The summed E-state index contributed by atoms with van der Waals surface area (Å²) < 4.78 is 34.1. The highest BCUT2D eigenvalue weighted by atomic mass is 32.2. The van der Waals surface area contributed by atoms with Gasteiger partial charge in [-0.2, -0.15) is 8.78 Å².